The van der Waals surface area contributed by atoms with Crippen LogP contribution in [-0.2, 0) is 11.2 Å². The van der Waals surface area contributed by atoms with Crippen LogP contribution in [0.4, 0.5) is 11.6 Å². The number of carbonyl (C=O) groups is 3. The van der Waals surface area contributed by atoms with Gasteiger partial charge in [-0.3, -0.25) is 19.3 Å². The van der Waals surface area contributed by atoms with Crippen LogP contribution in [-0.4, -0.2) is 82.2 Å². The van der Waals surface area contributed by atoms with Crippen LogP contribution in [0, 0.1) is 0 Å². The first-order valence-corrected chi connectivity index (χ1v) is 13.5. The molecule has 0 radical (unpaired) electrons. The van der Waals surface area contributed by atoms with Crippen LogP contribution in [0.2, 0.25) is 10.2 Å². The lowest BCUT2D eigenvalue weighted by Crippen LogP contribution is -2.58. The number of anilines is 2. The van der Waals surface area contributed by atoms with Gasteiger partial charge in [0.2, 0.25) is 0 Å². The first kappa shape index (κ1) is 28.1. The number of hydrogen-bond donors (Lipinski definition) is 2. The highest BCUT2D eigenvalue weighted by Crippen LogP contribution is 2.30. The van der Waals surface area contributed by atoms with Crippen LogP contribution >= 0.6 is 23.2 Å². The Morgan fingerprint density at radius 1 is 1.08 bits per heavy atom. The van der Waals surface area contributed by atoms with E-state index in [9.17, 15) is 14.4 Å². The standard InChI is InChI=1S/C26H33Cl2N7O3/c1-3-18-14-34(25-22(28)31-21(24(30)37)23(29)32-25)10-11-35(18)19-6-8-33(9-7-19)26(38)20-5-4-17(27)13-16(20)12-15(2)36/h4-5,13,18-19H,3,6-12,14H2,1-2H3,(H2,29,32)(H2,30,37)/t18-/m0/s1. The predicted octanol–water partition coefficient (Wildman–Crippen LogP) is 2.80. The summed E-state index contributed by atoms with van der Waals surface area (Å²) in [6.07, 6.45) is 2.83. The van der Waals surface area contributed by atoms with E-state index in [0.29, 0.717) is 54.2 Å². The van der Waals surface area contributed by atoms with Gasteiger partial charge in [-0.1, -0.05) is 30.1 Å². The number of likely N-dealkylation sites (tertiary alicyclic amines) is 1. The average Bonchev–Trinajstić information content (AvgIpc) is 2.88. The predicted molar refractivity (Wildman–Crippen MR) is 148 cm³/mol. The zero-order valence-electron chi connectivity index (χ0n) is 21.6. The van der Waals surface area contributed by atoms with Gasteiger partial charge in [0.1, 0.15) is 5.78 Å². The van der Waals surface area contributed by atoms with Crippen LogP contribution in [0.5, 0.6) is 0 Å². The number of primary amides is 1. The van der Waals surface area contributed by atoms with Crippen LogP contribution in [0.3, 0.4) is 0 Å². The van der Waals surface area contributed by atoms with E-state index in [1.165, 1.54) is 6.92 Å². The summed E-state index contributed by atoms with van der Waals surface area (Å²) in [4.78, 5) is 51.4. The maximum atomic E-state index is 13.3. The number of rotatable bonds is 7. The van der Waals surface area contributed by atoms with Crippen LogP contribution in [0.1, 0.15) is 59.5 Å². The second-order valence-corrected chi connectivity index (χ2v) is 10.7. The lowest BCUT2D eigenvalue weighted by molar-refractivity contribution is -0.116. The number of nitrogens with two attached hydrogens (primary N) is 2. The Bertz CT molecular complexity index is 1230. The van der Waals surface area contributed by atoms with Crippen molar-refractivity contribution < 1.29 is 14.4 Å². The van der Waals surface area contributed by atoms with E-state index in [1.54, 1.807) is 18.2 Å². The van der Waals surface area contributed by atoms with E-state index in [2.05, 4.69) is 26.7 Å². The molecular formula is C26H33Cl2N7O3. The number of ketones is 1. The molecule has 1 aromatic heterocycles. The van der Waals surface area contributed by atoms with E-state index >= 15 is 0 Å². The average molecular weight is 563 g/mol. The van der Waals surface area contributed by atoms with E-state index in [1.807, 2.05) is 4.90 Å². The molecule has 0 unspecified atom stereocenters. The van der Waals surface area contributed by atoms with Crippen LogP contribution in [0.25, 0.3) is 0 Å². The summed E-state index contributed by atoms with van der Waals surface area (Å²) in [5.74, 6) is -0.411. The Morgan fingerprint density at radius 2 is 1.79 bits per heavy atom. The third kappa shape index (κ3) is 6.03. The van der Waals surface area contributed by atoms with Gasteiger partial charge >= 0.3 is 0 Å². The minimum absolute atomic E-state index is 0.0106. The minimum Gasteiger partial charge on any atom is -0.382 e. The zero-order valence-corrected chi connectivity index (χ0v) is 23.1. The van der Waals surface area contributed by atoms with Crippen molar-refractivity contribution in [2.24, 2.45) is 5.73 Å². The van der Waals surface area contributed by atoms with Gasteiger partial charge in [0.15, 0.2) is 22.5 Å². The first-order chi connectivity index (χ1) is 18.1. The number of piperazine rings is 1. The second-order valence-electron chi connectivity index (χ2n) is 9.89. The fraction of sp³-hybridized carbons (Fsp3) is 0.500. The lowest BCUT2D eigenvalue weighted by Gasteiger charge is -2.47. The van der Waals surface area contributed by atoms with Crippen molar-refractivity contribution in [2.75, 3.05) is 43.4 Å². The van der Waals surface area contributed by atoms with E-state index < -0.39 is 5.91 Å². The maximum absolute atomic E-state index is 13.3. The highest BCUT2D eigenvalue weighted by molar-refractivity contribution is 6.32. The monoisotopic (exact) mass is 561 g/mol. The Hall–Kier alpha value is -2.95. The molecule has 2 aliphatic rings. The van der Waals surface area contributed by atoms with Gasteiger partial charge in [0.25, 0.3) is 11.8 Å². The highest BCUT2D eigenvalue weighted by Gasteiger charge is 2.35. The number of nitrogens with zero attached hydrogens (tertiary/aromatic N) is 5. The molecule has 38 heavy (non-hydrogen) atoms. The fourth-order valence-corrected chi connectivity index (χ4v) is 5.90. The molecule has 0 bridgehead atoms. The van der Waals surface area contributed by atoms with Gasteiger partial charge in [-0.15, -0.1) is 0 Å². The number of aromatic nitrogens is 2. The summed E-state index contributed by atoms with van der Waals surface area (Å²) in [7, 11) is 0. The van der Waals surface area contributed by atoms with Crippen LogP contribution in [0.15, 0.2) is 18.2 Å². The van der Waals surface area contributed by atoms with Gasteiger partial charge in [-0.25, -0.2) is 9.97 Å². The summed E-state index contributed by atoms with van der Waals surface area (Å²) < 4.78 is 0. The lowest BCUT2D eigenvalue weighted by atomic mass is 9.96. The number of piperidine rings is 1. The molecule has 204 valence electrons. The molecule has 2 saturated heterocycles. The van der Waals surface area contributed by atoms with Crippen molar-refractivity contribution in [1.82, 2.24) is 19.8 Å². The molecule has 2 amide bonds. The van der Waals surface area contributed by atoms with E-state index in [-0.39, 0.29) is 40.8 Å². The summed E-state index contributed by atoms with van der Waals surface area (Å²) >= 11 is 12.5. The minimum atomic E-state index is -0.768. The fourth-order valence-electron chi connectivity index (χ4n) is 5.46. The molecule has 0 saturated carbocycles. The molecule has 1 aromatic carbocycles. The molecule has 4 N–H and O–H groups in total. The van der Waals surface area contributed by atoms with Crippen molar-refractivity contribution in [2.45, 2.75) is 51.6 Å². The number of Topliss-reactive ketones (excluding diaryl/α,β-unsaturated/α-hetero) is 1. The van der Waals surface area contributed by atoms with E-state index in [4.69, 9.17) is 34.7 Å². The molecule has 3 heterocycles. The highest BCUT2D eigenvalue weighted by atomic mass is 35.5. The Kier molecular flexibility index (Phi) is 8.74. The van der Waals surface area contributed by atoms with Crippen molar-refractivity contribution in [3.8, 4) is 0 Å². The zero-order chi connectivity index (χ0) is 27.6. The summed E-state index contributed by atoms with van der Waals surface area (Å²) in [6, 6.07) is 5.72. The Morgan fingerprint density at radius 3 is 2.42 bits per heavy atom. The van der Waals surface area contributed by atoms with Gasteiger partial charge in [0.05, 0.1) is 0 Å². The van der Waals surface area contributed by atoms with E-state index in [0.717, 1.165) is 25.8 Å². The van der Waals surface area contributed by atoms with Gasteiger partial charge in [0, 0.05) is 61.8 Å². The maximum Gasteiger partial charge on any atom is 0.271 e. The molecular weight excluding hydrogens is 529 g/mol. The number of hydrogen-bond acceptors (Lipinski definition) is 8. The van der Waals surface area contributed by atoms with Gasteiger partial charge in [-0.05, 0) is 49.9 Å². The molecule has 2 aliphatic heterocycles. The SMILES string of the molecule is CC[C@H]1CN(c2nc(N)c(C(N)=O)nc2Cl)CCN1C1CCN(C(=O)c2ccc(Cl)cc2CC(C)=O)CC1. The van der Waals surface area contributed by atoms with Crippen molar-refractivity contribution in [3.05, 3.63) is 45.2 Å². The van der Waals surface area contributed by atoms with Gasteiger partial charge < -0.3 is 21.3 Å². The quantitative estimate of drug-likeness (QED) is 0.526. The van der Waals surface area contributed by atoms with Gasteiger partial charge in [-0.2, -0.15) is 0 Å². The Balaban J connectivity index is 1.41. The number of carbonyl (C=O) groups excluding carboxylic acids is 3. The smallest absolute Gasteiger partial charge is 0.271 e. The second kappa shape index (κ2) is 11.8. The molecule has 0 aliphatic carbocycles. The Labute approximate surface area is 232 Å². The molecule has 2 fully saturated rings. The van der Waals surface area contributed by atoms with Crippen molar-refractivity contribution in [1.29, 1.82) is 0 Å². The largest absolute Gasteiger partial charge is 0.382 e. The molecule has 4 rings (SSSR count). The molecule has 12 heteroatoms. The van der Waals surface area contributed by atoms with Crippen molar-refractivity contribution in [3.63, 3.8) is 0 Å². The third-order valence-electron chi connectivity index (χ3n) is 7.35. The molecule has 10 nitrogen and oxygen atoms in total. The summed E-state index contributed by atoms with van der Waals surface area (Å²) in [5.41, 5.74) is 12.3. The first-order valence-electron chi connectivity index (χ1n) is 12.8. The summed E-state index contributed by atoms with van der Waals surface area (Å²) in [5, 5.41) is 0.620. The normalized spacial score (nSPS) is 19.0. The molecule has 0 spiro atoms. The number of benzene rings is 1. The molecule has 2 aromatic rings. The molecule has 1 atom stereocenters. The third-order valence-corrected chi connectivity index (χ3v) is 7.84. The topological polar surface area (TPSA) is 139 Å². The number of amides is 2. The van der Waals surface area contributed by atoms with Crippen molar-refractivity contribution >= 4 is 52.4 Å². The number of halogens is 2. The summed E-state index contributed by atoms with van der Waals surface area (Å²) in [6.45, 7) is 7.12. The number of nitrogen functional groups attached to an aromatic ring is 1. The van der Waals surface area contributed by atoms with Crippen LogP contribution < -0.4 is 16.4 Å².